The lowest BCUT2D eigenvalue weighted by Crippen LogP contribution is -2.09. The zero-order valence-electron chi connectivity index (χ0n) is 11.6. The van der Waals surface area contributed by atoms with Crippen LogP contribution >= 0.6 is 0 Å². The summed E-state index contributed by atoms with van der Waals surface area (Å²) >= 11 is 0. The molecule has 0 unspecified atom stereocenters. The Bertz CT molecular complexity index is 578. The summed E-state index contributed by atoms with van der Waals surface area (Å²) in [6.07, 6.45) is 2.09. The Hall–Kier alpha value is -2.16. The summed E-state index contributed by atoms with van der Waals surface area (Å²) in [5.41, 5.74) is 2.33. The molecule has 0 aliphatic carbocycles. The van der Waals surface area contributed by atoms with Crippen LogP contribution in [0.5, 0.6) is 17.2 Å². The third-order valence-corrected chi connectivity index (χ3v) is 3.43. The fraction of sp³-hybridized carbons (Fsp3) is 0.294. The van der Waals surface area contributed by atoms with Gasteiger partial charge in [-0.2, -0.15) is 0 Å². The van der Waals surface area contributed by atoms with Gasteiger partial charge >= 0.3 is 0 Å². The number of ether oxygens (including phenoxy) is 3. The van der Waals surface area contributed by atoms with E-state index in [0.717, 1.165) is 42.3 Å². The van der Waals surface area contributed by atoms with E-state index in [2.05, 4.69) is 0 Å². The molecule has 0 fully saturated rings. The second-order valence-electron chi connectivity index (χ2n) is 4.84. The SMILES string of the molecule is COc1cc2c(cc1OCc1ccccc1)OCCC2. The first-order chi connectivity index (χ1) is 9.86. The van der Waals surface area contributed by atoms with Crippen molar-refractivity contribution in [3.8, 4) is 17.2 Å². The van der Waals surface area contributed by atoms with E-state index in [-0.39, 0.29) is 0 Å². The van der Waals surface area contributed by atoms with Crippen LogP contribution in [0, 0.1) is 0 Å². The molecule has 3 nitrogen and oxygen atoms in total. The second-order valence-corrected chi connectivity index (χ2v) is 4.84. The molecule has 0 radical (unpaired) electrons. The molecule has 0 N–H and O–H groups in total. The van der Waals surface area contributed by atoms with Gasteiger partial charge in [-0.05, 0) is 30.0 Å². The summed E-state index contributed by atoms with van der Waals surface area (Å²) in [7, 11) is 1.67. The van der Waals surface area contributed by atoms with Crippen LogP contribution in [0.15, 0.2) is 42.5 Å². The van der Waals surface area contributed by atoms with Crippen molar-refractivity contribution in [3.05, 3.63) is 53.6 Å². The molecular formula is C17H18O3. The van der Waals surface area contributed by atoms with E-state index in [1.165, 1.54) is 5.56 Å². The van der Waals surface area contributed by atoms with Gasteiger partial charge in [0.2, 0.25) is 0 Å². The molecule has 2 aromatic rings. The maximum absolute atomic E-state index is 5.88. The first-order valence-corrected chi connectivity index (χ1v) is 6.87. The predicted octanol–water partition coefficient (Wildman–Crippen LogP) is 3.60. The average molecular weight is 270 g/mol. The van der Waals surface area contributed by atoms with Crippen molar-refractivity contribution in [2.24, 2.45) is 0 Å². The summed E-state index contributed by atoms with van der Waals surface area (Å²) < 4.78 is 17.0. The molecule has 0 atom stereocenters. The normalized spacial score (nSPS) is 13.2. The van der Waals surface area contributed by atoms with Crippen LogP contribution in [0.3, 0.4) is 0 Å². The van der Waals surface area contributed by atoms with Gasteiger partial charge in [0.25, 0.3) is 0 Å². The molecule has 20 heavy (non-hydrogen) atoms. The van der Waals surface area contributed by atoms with E-state index in [1.54, 1.807) is 7.11 Å². The second kappa shape index (κ2) is 5.87. The molecule has 0 saturated heterocycles. The summed E-state index contributed by atoms with van der Waals surface area (Å²) in [6, 6.07) is 14.1. The number of rotatable bonds is 4. The Morgan fingerprint density at radius 2 is 1.95 bits per heavy atom. The van der Waals surface area contributed by atoms with Crippen molar-refractivity contribution >= 4 is 0 Å². The quantitative estimate of drug-likeness (QED) is 0.849. The van der Waals surface area contributed by atoms with Crippen LogP contribution in [0.4, 0.5) is 0 Å². The number of aryl methyl sites for hydroxylation is 1. The zero-order valence-corrected chi connectivity index (χ0v) is 11.6. The van der Waals surface area contributed by atoms with Crippen molar-refractivity contribution in [2.75, 3.05) is 13.7 Å². The average Bonchev–Trinajstić information content (AvgIpc) is 2.53. The van der Waals surface area contributed by atoms with E-state index >= 15 is 0 Å². The Kier molecular flexibility index (Phi) is 3.77. The van der Waals surface area contributed by atoms with E-state index < -0.39 is 0 Å². The minimum absolute atomic E-state index is 0.524. The zero-order chi connectivity index (χ0) is 13.8. The van der Waals surface area contributed by atoms with Crippen LogP contribution in [-0.2, 0) is 13.0 Å². The van der Waals surface area contributed by atoms with E-state index in [4.69, 9.17) is 14.2 Å². The highest BCUT2D eigenvalue weighted by atomic mass is 16.5. The van der Waals surface area contributed by atoms with Gasteiger partial charge in [0.15, 0.2) is 11.5 Å². The summed E-state index contributed by atoms with van der Waals surface area (Å²) in [6.45, 7) is 1.30. The first-order valence-electron chi connectivity index (χ1n) is 6.87. The van der Waals surface area contributed by atoms with Gasteiger partial charge in [-0.3, -0.25) is 0 Å². The molecule has 1 aliphatic rings. The lowest BCUT2D eigenvalue weighted by atomic mass is 10.1. The van der Waals surface area contributed by atoms with Gasteiger partial charge in [-0.25, -0.2) is 0 Å². The number of hydrogen-bond acceptors (Lipinski definition) is 3. The van der Waals surface area contributed by atoms with Crippen molar-refractivity contribution in [2.45, 2.75) is 19.4 Å². The number of hydrogen-bond donors (Lipinski definition) is 0. The largest absolute Gasteiger partial charge is 0.493 e. The van der Waals surface area contributed by atoms with Crippen LogP contribution in [-0.4, -0.2) is 13.7 Å². The topological polar surface area (TPSA) is 27.7 Å². The van der Waals surface area contributed by atoms with E-state index in [9.17, 15) is 0 Å². The molecule has 3 heteroatoms. The third kappa shape index (κ3) is 2.72. The van der Waals surface area contributed by atoms with Gasteiger partial charge in [-0.15, -0.1) is 0 Å². The monoisotopic (exact) mass is 270 g/mol. The Balaban J connectivity index is 1.81. The number of benzene rings is 2. The summed E-state index contributed by atoms with van der Waals surface area (Å²) in [4.78, 5) is 0. The van der Waals surface area contributed by atoms with Crippen molar-refractivity contribution in [1.82, 2.24) is 0 Å². The maximum atomic E-state index is 5.88. The standard InChI is InChI=1S/C17H18O3/c1-18-16-10-14-8-5-9-19-15(14)11-17(16)20-12-13-6-3-2-4-7-13/h2-4,6-7,10-11H,5,8-9,12H2,1H3. The molecule has 0 bridgehead atoms. The van der Waals surface area contributed by atoms with Gasteiger partial charge < -0.3 is 14.2 Å². The van der Waals surface area contributed by atoms with E-state index in [0.29, 0.717) is 6.61 Å². The smallest absolute Gasteiger partial charge is 0.165 e. The van der Waals surface area contributed by atoms with Crippen molar-refractivity contribution in [1.29, 1.82) is 0 Å². The van der Waals surface area contributed by atoms with Gasteiger partial charge in [0.05, 0.1) is 13.7 Å². The fourth-order valence-corrected chi connectivity index (χ4v) is 2.37. The van der Waals surface area contributed by atoms with Crippen molar-refractivity contribution in [3.63, 3.8) is 0 Å². The lowest BCUT2D eigenvalue weighted by molar-refractivity contribution is 0.267. The van der Waals surface area contributed by atoms with E-state index in [1.807, 2.05) is 42.5 Å². The van der Waals surface area contributed by atoms with Crippen LogP contribution in [0.25, 0.3) is 0 Å². The summed E-state index contributed by atoms with van der Waals surface area (Å²) in [5, 5.41) is 0. The first kappa shape index (κ1) is 12.9. The molecule has 104 valence electrons. The Morgan fingerprint density at radius 3 is 2.75 bits per heavy atom. The number of methoxy groups -OCH3 is 1. The van der Waals surface area contributed by atoms with Crippen LogP contribution in [0.2, 0.25) is 0 Å². The third-order valence-electron chi connectivity index (χ3n) is 3.43. The lowest BCUT2D eigenvalue weighted by Gasteiger charge is -2.20. The molecule has 0 amide bonds. The maximum Gasteiger partial charge on any atom is 0.165 e. The Morgan fingerprint density at radius 1 is 1.10 bits per heavy atom. The highest BCUT2D eigenvalue weighted by Gasteiger charge is 2.16. The highest BCUT2D eigenvalue weighted by molar-refractivity contribution is 5.51. The molecule has 2 aromatic carbocycles. The Labute approximate surface area is 119 Å². The molecular weight excluding hydrogens is 252 g/mol. The van der Waals surface area contributed by atoms with Gasteiger partial charge in [0.1, 0.15) is 12.4 Å². The molecule has 1 aliphatic heterocycles. The van der Waals surface area contributed by atoms with Gasteiger partial charge in [-0.1, -0.05) is 30.3 Å². The molecule has 0 spiro atoms. The van der Waals surface area contributed by atoms with Crippen LogP contribution < -0.4 is 14.2 Å². The minimum atomic E-state index is 0.524. The minimum Gasteiger partial charge on any atom is -0.493 e. The summed E-state index contributed by atoms with van der Waals surface area (Å²) in [5.74, 6) is 2.42. The fourth-order valence-electron chi connectivity index (χ4n) is 2.37. The predicted molar refractivity (Wildman–Crippen MR) is 77.6 cm³/mol. The molecule has 1 heterocycles. The molecule has 3 rings (SSSR count). The highest BCUT2D eigenvalue weighted by Crippen LogP contribution is 2.37. The van der Waals surface area contributed by atoms with Crippen molar-refractivity contribution < 1.29 is 14.2 Å². The molecule has 0 saturated carbocycles. The van der Waals surface area contributed by atoms with Gasteiger partial charge in [0, 0.05) is 6.07 Å². The molecule has 0 aromatic heterocycles. The van der Waals surface area contributed by atoms with Crippen LogP contribution in [0.1, 0.15) is 17.5 Å². The number of fused-ring (bicyclic) bond motifs is 1.